The normalized spacial score (nSPS) is 26.5. The fraction of sp³-hybridized carbons (Fsp3) is 0.632. The van der Waals surface area contributed by atoms with E-state index in [9.17, 15) is 8.78 Å². The Hall–Kier alpha value is -0.960. The molecule has 7 heteroatoms. The number of fused-ring (bicyclic) bond motifs is 1. The Labute approximate surface area is 171 Å². The highest BCUT2D eigenvalue weighted by atomic mass is 127. The first-order valence-electron chi connectivity index (χ1n) is 9.04. The molecule has 3 rings (SSSR count). The molecule has 1 heterocycles. The lowest BCUT2D eigenvalue weighted by molar-refractivity contribution is -0.106. The summed E-state index contributed by atoms with van der Waals surface area (Å²) in [6.07, 6.45) is 1.83. The van der Waals surface area contributed by atoms with Crippen LogP contribution in [0.3, 0.4) is 0 Å². The van der Waals surface area contributed by atoms with Crippen LogP contribution < -0.4 is 10.6 Å². The smallest absolute Gasteiger partial charge is 0.191 e. The van der Waals surface area contributed by atoms with E-state index >= 15 is 0 Å². The zero-order valence-corrected chi connectivity index (χ0v) is 17.8. The van der Waals surface area contributed by atoms with Crippen LogP contribution in [0, 0.1) is 23.0 Å². The first-order valence-corrected chi connectivity index (χ1v) is 9.04. The van der Waals surface area contributed by atoms with Crippen LogP contribution >= 0.6 is 24.0 Å². The summed E-state index contributed by atoms with van der Waals surface area (Å²) in [5.41, 5.74) is 0.551. The summed E-state index contributed by atoms with van der Waals surface area (Å²) in [5, 5.41) is 6.78. The average Bonchev–Trinajstić information content (AvgIpc) is 3.01. The predicted molar refractivity (Wildman–Crippen MR) is 110 cm³/mol. The Morgan fingerprint density at radius 3 is 2.81 bits per heavy atom. The highest BCUT2D eigenvalue weighted by Gasteiger charge is 2.59. The number of nitrogens with one attached hydrogen (secondary N) is 2. The van der Waals surface area contributed by atoms with Crippen molar-refractivity contribution in [3.05, 3.63) is 35.4 Å². The van der Waals surface area contributed by atoms with Crippen LogP contribution in [0.2, 0.25) is 0 Å². The van der Waals surface area contributed by atoms with E-state index in [2.05, 4.69) is 29.5 Å². The van der Waals surface area contributed by atoms with Crippen LogP contribution in [0.25, 0.3) is 0 Å². The lowest BCUT2D eigenvalue weighted by Crippen LogP contribution is -2.68. The van der Waals surface area contributed by atoms with Crippen LogP contribution in [0.1, 0.15) is 32.8 Å². The van der Waals surface area contributed by atoms with Crippen molar-refractivity contribution in [2.75, 3.05) is 19.7 Å². The van der Waals surface area contributed by atoms with Crippen LogP contribution in [0.15, 0.2) is 23.2 Å². The van der Waals surface area contributed by atoms with Gasteiger partial charge in [-0.05, 0) is 31.4 Å². The van der Waals surface area contributed by atoms with Crippen LogP contribution in [-0.2, 0) is 11.2 Å². The van der Waals surface area contributed by atoms with Crippen molar-refractivity contribution in [2.45, 2.75) is 45.8 Å². The highest BCUT2D eigenvalue weighted by molar-refractivity contribution is 14.0. The number of halogens is 3. The van der Waals surface area contributed by atoms with Gasteiger partial charge < -0.3 is 15.4 Å². The largest absolute Gasteiger partial charge is 0.377 e. The molecule has 0 bridgehead atoms. The molecule has 2 fully saturated rings. The number of ether oxygens (including phenoxy) is 1. The van der Waals surface area contributed by atoms with E-state index in [1.54, 1.807) is 0 Å². The Morgan fingerprint density at radius 1 is 1.35 bits per heavy atom. The minimum atomic E-state index is -0.555. The summed E-state index contributed by atoms with van der Waals surface area (Å²) in [6, 6.07) is 4.00. The van der Waals surface area contributed by atoms with Gasteiger partial charge in [-0.25, -0.2) is 8.78 Å². The summed E-state index contributed by atoms with van der Waals surface area (Å²) < 4.78 is 32.5. The highest BCUT2D eigenvalue weighted by Crippen LogP contribution is 2.52. The molecule has 2 N–H and O–H groups in total. The van der Waals surface area contributed by atoms with Crippen LogP contribution in [-0.4, -0.2) is 37.8 Å². The fourth-order valence-electron chi connectivity index (χ4n) is 4.10. The number of benzene rings is 1. The molecule has 0 amide bonds. The number of hydrogen-bond donors (Lipinski definition) is 2. The van der Waals surface area contributed by atoms with Gasteiger partial charge >= 0.3 is 0 Å². The number of aliphatic imine (C=N–C) groups is 1. The molecule has 1 saturated heterocycles. The van der Waals surface area contributed by atoms with Crippen molar-refractivity contribution in [1.29, 1.82) is 0 Å². The zero-order chi connectivity index (χ0) is 18.0. The summed E-state index contributed by atoms with van der Waals surface area (Å²) >= 11 is 0. The monoisotopic (exact) mass is 479 g/mol. The molecule has 2 aliphatic rings. The third-order valence-electron chi connectivity index (χ3n) is 5.40. The molecule has 1 saturated carbocycles. The van der Waals surface area contributed by atoms with Gasteiger partial charge in [0.25, 0.3) is 0 Å². The molecule has 1 aromatic rings. The van der Waals surface area contributed by atoms with E-state index in [0.717, 1.165) is 31.6 Å². The van der Waals surface area contributed by atoms with Crippen molar-refractivity contribution < 1.29 is 13.5 Å². The molecule has 0 spiro atoms. The van der Waals surface area contributed by atoms with E-state index in [-0.39, 0.29) is 29.4 Å². The molecule has 1 aliphatic heterocycles. The number of hydrogen-bond acceptors (Lipinski definition) is 2. The molecule has 26 heavy (non-hydrogen) atoms. The van der Waals surface area contributed by atoms with Gasteiger partial charge in [0.1, 0.15) is 11.6 Å². The molecule has 1 aromatic carbocycles. The second kappa shape index (κ2) is 8.82. The third kappa shape index (κ3) is 4.30. The predicted octanol–water partition coefficient (Wildman–Crippen LogP) is 3.49. The molecule has 3 unspecified atom stereocenters. The van der Waals surface area contributed by atoms with E-state index in [4.69, 9.17) is 4.74 Å². The maximum atomic E-state index is 13.7. The van der Waals surface area contributed by atoms with Crippen molar-refractivity contribution in [3.8, 4) is 0 Å². The quantitative estimate of drug-likeness (QED) is 0.386. The second-order valence-electron chi connectivity index (χ2n) is 7.43. The van der Waals surface area contributed by atoms with Crippen molar-refractivity contribution in [2.24, 2.45) is 16.3 Å². The molecule has 0 radical (unpaired) electrons. The van der Waals surface area contributed by atoms with E-state index in [1.165, 1.54) is 12.1 Å². The van der Waals surface area contributed by atoms with Gasteiger partial charge in [0.15, 0.2) is 5.96 Å². The van der Waals surface area contributed by atoms with Gasteiger partial charge in [0.05, 0.1) is 6.10 Å². The maximum absolute atomic E-state index is 13.7. The summed E-state index contributed by atoms with van der Waals surface area (Å²) in [5.74, 6) is 0.196. The zero-order valence-electron chi connectivity index (χ0n) is 15.5. The Balaban J connectivity index is 0.00000243. The second-order valence-corrected chi connectivity index (χ2v) is 7.43. The standard InChI is InChI=1S/C19H27F2N3O.HI/c1-4-22-18(23-9-7-12-5-6-13(20)11-15(12)21)24-16-14-8-10-25-17(14)19(16,2)3;/h5-6,11,14,16-17H,4,7-10H2,1-3H3,(H2,22,23,24);1H. The lowest BCUT2D eigenvalue weighted by atomic mass is 9.57. The summed E-state index contributed by atoms with van der Waals surface area (Å²) in [7, 11) is 0. The fourth-order valence-corrected chi connectivity index (χ4v) is 4.10. The third-order valence-corrected chi connectivity index (χ3v) is 5.40. The van der Waals surface area contributed by atoms with E-state index in [1.807, 2.05) is 6.92 Å². The summed E-state index contributed by atoms with van der Waals surface area (Å²) in [4.78, 5) is 4.57. The Morgan fingerprint density at radius 2 is 2.12 bits per heavy atom. The molecule has 3 atom stereocenters. The lowest BCUT2D eigenvalue weighted by Gasteiger charge is -2.54. The first-order chi connectivity index (χ1) is 11.9. The van der Waals surface area contributed by atoms with Crippen LogP contribution in [0.5, 0.6) is 0 Å². The Kier molecular flexibility index (Phi) is 7.24. The SMILES string of the molecule is CCNC(=NCCc1ccc(F)cc1F)NC1C2CCOC2C1(C)C.I. The van der Waals surface area contributed by atoms with E-state index < -0.39 is 11.6 Å². The average molecular weight is 479 g/mol. The van der Waals surface area contributed by atoms with Gasteiger partial charge in [-0.3, -0.25) is 4.99 Å². The maximum Gasteiger partial charge on any atom is 0.191 e. The van der Waals surface area contributed by atoms with Crippen LogP contribution in [0.4, 0.5) is 8.78 Å². The minimum Gasteiger partial charge on any atom is -0.377 e. The molecule has 0 aromatic heterocycles. The summed E-state index contributed by atoms with van der Waals surface area (Å²) in [6.45, 7) is 8.48. The number of rotatable bonds is 5. The van der Waals surface area contributed by atoms with Crippen molar-refractivity contribution in [3.63, 3.8) is 0 Å². The van der Waals surface area contributed by atoms with E-state index in [0.29, 0.717) is 36.6 Å². The first kappa shape index (κ1) is 21.3. The van der Waals surface area contributed by atoms with Crippen molar-refractivity contribution in [1.82, 2.24) is 10.6 Å². The van der Waals surface area contributed by atoms with Gasteiger partial charge in [-0.15, -0.1) is 24.0 Å². The Bertz CT molecular complexity index is 654. The number of guanidine groups is 1. The number of nitrogens with zero attached hydrogens (tertiary/aromatic N) is 1. The van der Waals surface area contributed by atoms with Gasteiger partial charge in [0.2, 0.25) is 0 Å². The van der Waals surface area contributed by atoms with Crippen molar-refractivity contribution >= 4 is 29.9 Å². The van der Waals surface area contributed by atoms with Gasteiger partial charge in [0, 0.05) is 43.1 Å². The van der Waals surface area contributed by atoms with Gasteiger partial charge in [-0.2, -0.15) is 0 Å². The topological polar surface area (TPSA) is 45.7 Å². The molecule has 1 aliphatic carbocycles. The molecule has 4 nitrogen and oxygen atoms in total. The molecule has 146 valence electrons. The van der Waals surface area contributed by atoms with Gasteiger partial charge in [-0.1, -0.05) is 19.9 Å². The molecular formula is C19H28F2IN3O. The minimum absolute atomic E-state index is 0. The molecular weight excluding hydrogens is 451 g/mol.